The Morgan fingerprint density at radius 3 is 2.74 bits per heavy atom. The molecule has 19 heavy (non-hydrogen) atoms. The number of aliphatic hydroxyl groups is 1. The Hall–Kier alpha value is -1.45. The lowest BCUT2D eigenvalue weighted by Crippen LogP contribution is -2.27. The van der Waals surface area contributed by atoms with Crippen molar-refractivity contribution in [2.24, 2.45) is 0 Å². The maximum Gasteiger partial charge on any atom is 0.350 e. The molecule has 11 heteroatoms. The average Bonchev–Trinajstić information content (AvgIpc) is 2.26. The molecule has 0 spiro atoms. The Bertz CT molecular complexity index is 513. The fraction of sp³-hybridized carbons (Fsp3) is 0.500. The van der Waals surface area contributed by atoms with E-state index in [2.05, 4.69) is 9.97 Å². The number of ether oxygens (including phenoxy) is 2. The van der Waals surface area contributed by atoms with Gasteiger partial charge in [0.1, 0.15) is 19.1 Å². The predicted molar refractivity (Wildman–Crippen MR) is 63.6 cm³/mol. The number of nitrogens with zero attached hydrogens (tertiary/aromatic N) is 1. The van der Waals surface area contributed by atoms with Gasteiger partial charge in [-0.1, -0.05) is 0 Å². The molecule has 1 unspecified atom stereocenters. The molecule has 1 aromatic heterocycles. The van der Waals surface area contributed by atoms with Gasteiger partial charge in [-0.2, -0.15) is 4.98 Å². The maximum absolute atomic E-state index is 11.0. The van der Waals surface area contributed by atoms with Crippen LogP contribution in [0.3, 0.4) is 0 Å². The molecule has 0 aromatic carbocycles. The highest BCUT2D eigenvalue weighted by atomic mass is 31.2. The van der Waals surface area contributed by atoms with E-state index >= 15 is 0 Å². The summed E-state index contributed by atoms with van der Waals surface area (Å²) in [7, 11) is -4.32. The second-order valence-corrected chi connectivity index (χ2v) is 5.13. The highest BCUT2D eigenvalue weighted by Gasteiger charge is 2.18. The first kappa shape index (κ1) is 15.6. The SMILES string of the molecule is Nc1nc(OCC(CO)OCP(=O)(O)O)cc(=O)[nH]1. The van der Waals surface area contributed by atoms with E-state index in [-0.39, 0.29) is 18.4 Å². The Morgan fingerprint density at radius 1 is 1.53 bits per heavy atom. The number of aromatic amines is 1. The number of hydrogen-bond acceptors (Lipinski definition) is 7. The first-order valence-corrected chi connectivity index (χ1v) is 6.86. The van der Waals surface area contributed by atoms with Crippen molar-refractivity contribution in [1.82, 2.24) is 9.97 Å². The van der Waals surface area contributed by atoms with Gasteiger partial charge in [-0.05, 0) is 0 Å². The molecule has 0 saturated heterocycles. The van der Waals surface area contributed by atoms with Crippen LogP contribution in [0.1, 0.15) is 0 Å². The summed E-state index contributed by atoms with van der Waals surface area (Å²) in [5, 5.41) is 8.94. The monoisotopic (exact) mass is 295 g/mol. The third-order valence-corrected chi connectivity index (χ3v) is 2.32. The molecule has 0 bridgehead atoms. The van der Waals surface area contributed by atoms with Crippen molar-refractivity contribution in [1.29, 1.82) is 0 Å². The number of aromatic nitrogens is 2. The van der Waals surface area contributed by atoms with Crippen molar-refractivity contribution >= 4 is 13.5 Å². The van der Waals surface area contributed by atoms with Crippen LogP contribution in [0.25, 0.3) is 0 Å². The first-order chi connectivity index (χ1) is 8.80. The van der Waals surface area contributed by atoms with Crippen LogP contribution < -0.4 is 16.0 Å². The zero-order valence-electron chi connectivity index (χ0n) is 9.72. The van der Waals surface area contributed by atoms with Crippen LogP contribution in [-0.2, 0) is 9.30 Å². The summed E-state index contributed by atoms with van der Waals surface area (Å²) in [5.41, 5.74) is 4.77. The largest absolute Gasteiger partial charge is 0.475 e. The van der Waals surface area contributed by atoms with Gasteiger partial charge in [-0.3, -0.25) is 14.3 Å². The third-order valence-electron chi connectivity index (χ3n) is 1.84. The molecule has 0 radical (unpaired) electrons. The molecule has 0 amide bonds. The Morgan fingerprint density at radius 2 is 2.21 bits per heavy atom. The van der Waals surface area contributed by atoms with E-state index in [1.165, 1.54) is 0 Å². The first-order valence-electron chi connectivity index (χ1n) is 5.07. The van der Waals surface area contributed by atoms with Gasteiger partial charge in [0.25, 0.3) is 5.56 Å². The van der Waals surface area contributed by atoms with Crippen LogP contribution in [0.2, 0.25) is 0 Å². The lowest BCUT2D eigenvalue weighted by molar-refractivity contribution is 0.000471. The number of nitrogens with two attached hydrogens (primary N) is 1. The summed E-state index contributed by atoms with van der Waals surface area (Å²) in [5.74, 6) is -0.223. The molecule has 0 aliphatic heterocycles. The van der Waals surface area contributed by atoms with Crippen molar-refractivity contribution in [3.63, 3.8) is 0 Å². The highest BCUT2D eigenvalue weighted by Crippen LogP contribution is 2.34. The summed E-state index contributed by atoms with van der Waals surface area (Å²) in [6, 6.07) is 1.04. The number of hydrogen-bond donors (Lipinski definition) is 5. The number of nitrogen functional groups attached to an aromatic ring is 1. The normalized spacial score (nSPS) is 13.2. The van der Waals surface area contributed by atoms with E-state index in [9.17, 15) is 9.36 Å². The number of H-pyrrole nitrogens is 1. The van der Waals surface area contributed by atoms with Gasteiger partial charge in [0.05, 0.1) is 12.7 Å². The second-order valence-electron chi connectivity index (χ2n) is 3.54. The van der Waals surface area contributed by atoms with Gasteiger partial charge in [0.2, 0.25) is 11.8 Å². The minimum absolute atomic E-state index is 0.0838. The van der Waals surface area contributed by atoms with Gasteiger partial charge in [-0.25, -0.2) is 0 Å². The molecule has 1 atom stereocenters. The Kier molecular flexibility index (Phi) is 5.45. The van der Waals surface area contributed by atoms with Crippen LogP contribution in [-0.4, -0.2) is 50.5 Å². The highest BCUT2D eigenvalue weighted by molar-refractivity contribution is 7.51. The number of aliphatic hydroxyl groups excluding tert-OH is 1. The second kappa shape index (κ2) is 6.64. The lowest BCUT2D eigenvalue weighted by atomic mass is 10.4. The van der Waals surface area contributed by atoms with Crippen molar-refractivity contribution in [2.45, 2.75) is 6.10 Å². The summed E-state index contributed by atoms with van der Waals surface area (Å²) >= 11 is 0. The molecule has 0 aliphatic rings. The van der Waals surface area contributed by atoms with Crippen LogP contribution >= 0.6 is 7.60 Å². The standard InChI is InChI=1S/C8H14N3O7P/c9-8-10-6(13)1-7(11-8)17-3-5(2-12)18-4-19(14,15)16/h1,5,12H,2-4H2,(H2,14,15,16)(H3,9,10,11,13). The molecule has 1 rings (SSSR count). The van der Waals surface area contributed by atoms with Crippen molar-refractivity contribution in [2.75, 3.05) is 25.3 Å². The number of anilines is 1. The van der Waals surface area contributed by atoms with E-state index in [0.29, 0.717) is 0 Å². The van der Waals surface area contributed by atoms with E-state index < -0.39 is 32.2 Å². The molecule has 108 valence electrons. The summed E-state index contributed by atoms with van der Waals surface area (Å²) in [4.78, 5) is 34.1. The van der Waals surface area contributed by atoms with Crippen LogP contribution in [0.5, 0.6) is 5.88 Å². The molecule has 6 N–H and O–H groups in total. The maximum atomic E-state index is 11.0. The summed E-state index contributed by atoms with van der Waals surface area (Å²) in [6.45, 7) is -0.759. The summed E-state index contributed by atoms with van der Waals surface area (Å²) in [6.07, 6.45) is -1.80. The van der Waals surface area contributed by atoms with E-state index in [1.807, 2.05) is 0 Å². The number of rotatable bonds is 7. The molecule has 0 fully saturated rings. The van der Waals surface area contributed by atoms with Crippen molar-refractivity contribution in [3.05, 3.63) is 16.4 Å². The molecule has 0 aliphatic carbocycles. The van der Waals surface area contributed by atoms with Crippen molar-refractivity contribution < 1.29 is 28.9 Å². The third kappa shape index (κ3) is 6.32. The van der Waals surface area contributed by atoms with Gasteiger partial charge < -0.3 is 30.1 Å². The zero-order chi connectivity index (χ0) is 14.5. The molecule has 1 aromatic rings. The molecular formula is C8H14N3O7P. The Labute approximate surface area is 107 Å². The topological polar surface area (TPSA) is 168 Å². The fourth-order valence-corrected chi connectivity index (χ4v) is 1.47. The average molecular weight is 295 g/mol. The minimum Gasteiger partial charge on any atom is -0.475 e. The van der Waals surface area contributed by atoms with E-state index in [1.54, 1.807) is 0 Å². The van der Waals surface area contributed by atoms with Gasteiger partial charge in [-0.15, -0.1) is 0 Å². The van der Waals surface area contributed by atoms with Gasteiger partial charge >= 0.3 is 7.60 Å². The summed E-state index contributed by atoms with van der Waals surface area (Å²) < 4.78 is 20.4. The zero-order valence-corrected chi connectivity index (χ0v) is 10.6. The van der Waals surface area contributed by atoms with E-state index in [0.717, 1.165) is 6.07 Å². The molecule has 10 nitrogen and oxygen atoms in total. The predicted octanol–water partition coefficient (Wildman–Crippen LogP) is -1.76. The van der Waals surface area contributed by atoms with Crippen LogP contribution in [0, 0.1) is 0 Å². The van der Waals surface area contributed by atoms with Gasteiger partial charge in [0, 0.05) is 0 Å². The van der Waals surface area contributed by atoms with E-state index in [4.69, 9.17) is 30.1 Å². The lowest BCUT2D eigenvalue weighted by Gasteiger charge is -2.16. The van der Waals surface area contributed by atoms with Crippen LogP contribution in [0.15, 0.2) is 10.9 Å². The minimum atomic E-state index is -4.32. The number of nitrogens with one attached hydrogen (secondary N) is 1. The van der Waals surface area contributed by atoms with Gasteiger partial charge in [0.15, 0.2) is 0 Å². The fourth-order valence-electron chi connectivity index (χ4n) is 1.06. The molecule has 1 heterocycles. The molecular weight excluding hydrogens is 281 g/mol. The van der Waals surface area contributed by atoms with Crippen LogP contribution in [0.4, 0.5) is 5.95 Å². The van der Waals surface area contributed by atoms with Crippen molar-refractivity contribution in [3.8, 4) is 5.88 Å². The quantitative estimate of drug-likeness (QED) is 0.366. The molecule has 0 saturated carbocycles. The Balaban J connectivity index is 2.53. The smallest absolute Gasteiger partial charge is 0.350 e.